The molecule has 2 aromatic rings. The van der Waals surface area contributed by atoms with Gasteiger partial charge in [-0.15, -0.1) is 33.3 Å². The number of nitrogens with one attached hydrogen (secondary N) is 1. The number of amides is 2. The first-order valence-electron chi connectivity index (χ1n) is 8.22. The topological polar surface area (TPSA) is 151 Å². The summed E-state index contributed by atoms with van der Waals surface area (Å²) in [6.45, 7) is 1.81. The average Bonchev–Trinajstić information content (AvgIpc) is 3.26. The smallest absolute Gasteiger partial charge is 0.353 e. The Morgan fingerprint density at radius 2 is 2.24 bits per heavy atom. The lowest BCUT2D eigenvalue weighted by molar-refractivity contribution is -0.150. The van der Waals surface area contributed by atoms with Crippen molar-refractivity contribution in [3.63, 3.8) is 0 Å². The van der Waals surface area contributed by atoms with Gasteiger partial charge < -0.3 is 16.2 Å². The van der Waals surface area contributed by atoms with E-state index < -0.39 is 23.3 Å². The number of aryl methyl sites for hydroxylation is 1. The second kappa shape index (κ2) is 7.93. The van der Waals surface area contributed by atoms with E-state index in [4.69, 9.17) is 5.73 Å². The molecule has 10 nitrogen and oxygen atoms in total. The quantitative estimate of drug-likeness (QED) is 0.520. The van der Waals surface area contributed by atoms with Crippen molar-refractivity contribution in [3.8, 4) is 0 Å². The summed E-state index contributed by atoms with van der Waals surface area (Å²) in [7, 11) is 0. The Balaban J connectivity index is 1.47. The van der Waals surface area contributed by atoms with Gasteiger partial charge in [-0.1, -0.05) is 23.1 Å². The first-order valence-corrected chi connectivity index (χ1v) is 11.8. The van der Waals surface area contributed by atoms with Crippen molar-refractivity contribution >= 4 is 69.1 Å². The summed E-state index contributed by atoms with van der Waals surface area (Å²) in [6.07, 6.45) is 0.00793. The van der Waals surface area contributed by atoms with E-state index in [-0.39, 0.29) is 18.0 Å². The van der Waals surface area contributed by atoms with Gasteiger partial charge in [0, 0.05) is 16.0 Å². The predicted molar refractivity (Wildman–Crippen MR) is 110 cm³/mol. The highest BCUT2D eigenvalue weighted by molar-refractivity contribution is 8.07. The van der Waals surface area contributed by atoms with Crippen LogP contribution in [0, 0.1) is 6.92 Å². The molecule has 0 unspecified atom stereocenters. The number of thiazole rings is 1. The summed E-state index contributed by atoms with van der Waals surface area (Å²) < 4.78 is 0.621. The van der Waals surface area contributed by atoms with Gasteiger partial charge in [0.15, 0.2) is 9.47 Å². The molecule has 0 spiro atoms. The van der Waals surface area contributed by atoms with Crippen LogP contribution < -0.4 is 11.1 Å². The van der Waals surface area contributed by atoms with Gasteiger partial charge in [0.2, 0.25) is 5.91 Å². The Morgan fingerprint density at radius 1 is 1.45 bits per heavy atom. The number of nitrogens with two attached hydrogens (primary N) is 1. The number of carboxylic acids is 1. The van der Waals surface area contributed by atoms with E-state index in [1.54, 1.807) is 5.38 Å². The number of anilines is 1. The summed E-state index contributed by atoms with van der Waals surface area (Å²) in [5.41, 5.74) is 6.03. The molecule has 1 fully saturated rings. The molecule has 2 aromatic heterocycles. The number of nitrogens with zero attached hydrogens (tertiary/aromatic N) is 4. The van der Waals surface area contributed by atoms with E-state index >= 15 is 0 Å². The van der Waals surface area contributed by atoms with Gasteiger partial charge in [0.1, 0.15) is 22.1 Å². The Morgan fingerprint density at radius 3 is 2.86 bits per heavy atom. The molecule has 4 N–H and O–H groups in total. The van der Waals surface area contributed by atoms with Gasteiger partial charge in [-0.05, 0) is 6.92 Å². The Kier molecular flexibility index (Phi) is 5.50. The Hall–Kier alpha value is -2.16. The predicted octanol–water partition coefficient (Wildman–Crippen LogP) is 0.916. The van der Waals surface area contributed by atoms with Crippen molar-refractivity contribution < 1.29 is 19.5 Å². The molecule has 2 amide bonds. The average molecular weight is 471 g/mol. The molecule has 0 aliphatic carbocycles. The summed E-state index contributed by atoms with van der Waals surface area (Å²) in [4.78, 5) is 42.5. The third-order valence-electron chi connectivity index (χ3n) is 4.08. The van der Waals surface area contributed by atoms with E-state index in [1.165, 1.54) is 51.1 Å². The number of carboxylic acid groups (broad SMARTS) is 1. The van der Waals surface area contributed by atoms with Crippen molar-refractivity contribution in [2.75, 3.05) is 11.5 Å². The van der Waals surface area contributed by atoms with E-state index in [2.05, 4.69) is 20.5 Å². The number of aliphatic carboxylic acids is 1. The zero-order valence-electron chi connectivity index (χ0n) is 14.8. The van der Waals surface area contributed by atoms with Crippen molar-refractivity contribution in [2.45, 2.75) is 29.1 Å². The van der Waals surface area contributed by atoms with Crippen LogP contribution in [0.4, 0.5) is 5.13 Å². The third kappa shape index (κ3) is 3.97. The van der Waals surface area contributed by atoms with Gasteiger partial charge in [0.05, 0.1) is 12.1 Å². The summed E-state index contributed by atoms with van der Waals surface area (Å²) >= 11 is 5.20. The number of nitrogen functional groups attached to an aromatic ring is 1. The largest absolute Gasteiger partial charge is 0.477 e. The molecule has 0 radical (unpaired) electrons. The molecule has 14 heteroatoms. The van der Waals surface area contributed by atoms with Crippen LogP contribution in [0.25, 0.3) is 0 Å². The number of hydrogen-bond acceptors (Lipinski definition) is 11. The number of aromatic nitrogens is 3. The van der Waals surface area contributed by atoms with Gasteiger partial charge in [-0.25, -0.2) is 9.78 Å². The maximum atomic E-state index is 12.6. The van der Waals surface area contributed by atoms with Gasteiger partial charge in [-0.3, -0.25) is 14.5 Å². The minimum atomic E-state index is -1.19. The first kappa shape index (κ1) is 20.1. The van der Waals surface area contributed by atoms with Crippen LogP contribution in [0.3, 0.4) is 0 Å². The molecule has 0 saturated carbocycles. The molecule has 4 rings (SSSR count). The zero-order chi connectivity index (χ0) is 20.7. The number of rotatable bonds is 6. The lowest BCUT2D eigenvalue weighted by Gasteiger charge is -2.49. The summed E-state index contributed by atoms with van der Waals surface area (Å²) in [5, 5.41) is 22.7. The van der Waals surface area contributed by atoms with Gasteiger partial charge in [-0.2, -0.15) is 0 Å². The molecule has 152 valence electrons. The van der Waals surface area contributed by atoms with Crippen molar-refractivity contribution in [3.05, 3.63) is 26.7 Å². The number of carbonyl (C=O) groups is 3. The molecule has 0 bridgehead atoms. The molecule has 2 atom stereocenters. The molecule has 0 aromatic carbocycles. The number of fused-ring (bicyclic) bond motifs is 1. The summed E-state index contributed by atoms with van der Waals surface area (Å²) in [6, 6.07) is -0.770. The SMILES string of the molecule is Cc1nnc(SC2=C(C(=O)O)N3C(=O)[C@@H](NC(=O)Cc4csc(N)n4)[C@H]3SC2)s1. The van der Waals surface area contributed by atoms with E-state index in [0.29, 0.717) is 25.8 Å². The van der Waals surface area contributed by atoms with Crippen molar-refractivity contribution in [2.24, 2.45) is 0 Å². The molecule has 1 saturated heterocycles. The normalized spacial score (nSPS) is 21.0. The maximum Gasteiger partial charge on any atom is 0.353 e. The fourth-order valence-electron chi connectivity index (χ4n) is 2.89. The Bertz CT molecular complexity index is 1030. The van der Waals surface area contributed by atoms with Gasteiger partial charge in [0.25, 0.3) is 5.91 Å². The number of hydrogen-bond donors (Lipinski definition) is 3. The summed E-state index contributed by atoms with van der Waals surface area (Å²) in [5.74, 6) is -1.60. The highest BCUT2D eigenvalue weighted by Crippen LogP contribution is 2.45. The fraction of sp³-hybridized carbons (Fsp3) is 0.333. The van der Waals surface area contributed by atoms with E-state index in [9.17, 15) is 19.5 Å². The standard InChI is InChI=1S/C15H14N6O4S4/c1-5-19-20-15(28-5)29-7-4-26-12-9(11(23)21(12)10(7)13(24)25)18-8(22)2-6-3-27-14(16)17-6/h3,9,12H,2,4H2,1H3,(H2,16,17)(H,18,22)(H,24,25)/t9-,12-/m1/s1. The fourth-order valence-corrected chi connectivity index (χ4v) is 6.90. The van der Waals surface area contributed by atoms with Crippen LogP contribution in [-0.2, 0) is 20.8 Å². The third-order valence-corrected chi connectivity index (χ3v) is 8.24. The molecule has 4 heterocycles. The number of thioether (sulfide) groups is 2. The lowest BCUT2D eigenvalue weighted by atomic mass is 10.0. The van der Waals surface area contributed by atoms with Crippen LogP contribution in [0.5, 0.6) is 0 Å². The van der Waals surface area contributed by atoms with Crippen LogP contribution in [0.2, 0.25) is 0 Å². The van der Waals surface area contributed by atoms with E-state index in [1.807, 2.05) is 6.92 Å². The van der Waals surface area contributed by atoms with Crippen molar-refractivity contribution in [1.82, 2.24) is 25.4 Å². The highest BCUT2D eigenvalue weighted by Gasteiger charge is 2.54. The van der Waals surface area contributed by atoms with Crippen LogP contribution in [0.1, 0.15) is 10.7 Å². The molecular weight excluding hydrogens is 456 g/mol. The monoisotopic (exact) mass is 470 g/mol. The maximum absolute atomic E-state index is 12.6. The Labute approximate surface area is 181 Å². The second-order valence-electron chi connectivity index (χ2n) is 6.07. The zero-order valence-corrected chi connectivity index (χ0v) is 18.1. The molecule has 2 aliphatic heterocycles. The van der Waals surface area contributed by atoms with Crippen LogP contribution in [-0.4, -0.2) is 60.1 Å². The van der Waals surface area contributed by atoms with Gasteiger partial charge >= 0.3 is 5.97 Å². The van der Waals surface area contributed by atoms with Crippen molar-refractivity contribution in [1.29, 1.82) is 0 Å². The minimum Gasteiger partial charge on any atom is -0.477 e. The van der Waals surface area contributed by atoms with Crippen LogP contribution >= 0.6 is 46.2 Å². The number of carbonyl (C=O) groups excluding carboxylic acids is 2. The molecule has 2 aliphatic rings. The van der Waals surface area contributed by atoms with E-state index in [0.717, 1.165) is 5.01 Å². The lowest BCUT2D eigenvalue weighted by Crippen LogP contribution is -2.70. The highest BCUT2D eigenvalue weighted by atomic mass is 32.2. The molecular formula is C15H14N6O4S4. The minimum absolute atomic E-state index is 0.00793. The second-order valence-corrected chi connectivity index (χ2v) is 10.6. The first-order chi connectivity index (χ1) is 13.8. The number of β-lactam (4-membered cyclic amide) rings is 1. The van der Waals surface area contributed by atoms with Crippen LogP contribution in [0.15, 0.2) is 20.3 Å². The molecule has 29 heavy (non-hydrogen) atoms.